The van der Waals surface area contributed by atoms with Crippen LogP contribution >= 0.6 is 0 Å². The van der Waals surface area contributed by atoms with E-state index in [1.165, 1.54) is 5.57 Å². The third-order valence-corrected chi connectivity index (χ3v) is 5.24. The van der Waals surface area contributed by atoms with Crippen LogP contribution in [0.3, 0.4) is 0 Å². The van der Waals surface area contributed by atoms with Crippen LogP contribution in [0, 0.1) is 13.8 Å². The maximum absolute atomic E-state index is 9.16. The Morgan fingerprint density at radius 1 is 1.23 bits per heavy atom. The van der Waals surface area contributed by atoms with Gasteiger partial charge in [-0.25, -0.2) is 9.97 Å². The predicted octanol–water partition coefficient (Wildman–Crippen LogP) is 5.74. The predicted molar refractivity (Wildman–Crippen MR) is 125 cm³/mol. The van der Waals surface area contributed by atoms with Gasteiger partial charge in [-0.05, 0) is 62.9 Å². The molecule has 156 valence electrons. The zero-order valence-electron chi connectivity index (χ0n) is 18.2. The molecule has 0 aliphatic rings. The number of aliphatic hydroxyl groups excluding tert-OH is 1. The van der Waals surface area contributed by atoms with Gasteiger partial charge in [0.2, 0.25) is 5.95 Å². The number of aliphatic hydroxyl groups is 1. The lowest BCUT2D eigenvalue weighted by atomic mass is 10.1. The van der Waals surface area contributed by atoms with Crippen LogP contribution in [-0.4, -0.2) is 26.7 Å². The number of rotatable bonds is 8. The molecule has 3 aromatic rings. The lowest BCUT2D eigenvalue weighted by Crippen LogP contribution is -2.00. The average molecular weight is 403 g/mol. The molecule has 5 nitrogen and oxygen atoms in total. The fourth-order valence-corrected chi connectivity index (χ4v) is 3.26. The SMILES string of the molecule is CCC(C)=C/C=C\c1c(-c2ccnc(Nc3ccc(CCO)c(C)c3)n2)c[nH]c1C. The average Bonchev–Trinajstić information content (AvgIpc) is 3.11. The summed E-state index contributed by atoms with van der Waals surface area (Å²) < 4.78 is 0. The number of aromatic amines is 1. The number of anilines is 2. The molecule has 0 spiro atoms. The van der Waals surface area contributed by atoms with Crippen LogP contribution in [0.25, 0.3) is 17.3 Å². The highest BCUT2D eigenvalue weighted by atomic mass is 16.2. The van der Waals surface area contributed by atoms with Crippen molar-refractivity contribution in [3.8, 4) is 11.3 Å². The normalized spacial score (nSPS) is 12.0. The molecule has 0 atom stereocenters. The Bertz CT molecular complexity index is 1060. The van der Waals surface area contributed by atoms with E-state index in [4.69, 9.17) is 10.1 Å². The lowest BCUT2D eigenvalue weighted by Gasteiger charge is -2.10. The quantitative estimate of drug-likeness (QED) is 0.420. The van der Waals surface area contributed by atoms with E-state index in [9.17, 15) is 0 Å². The molecule has 0 aliphatic heterocycles. The van der Waals surface area contributed by atoms with Gasteiger partial charge in [-0.15, -0.1) is 0 Å². The number of hydrogen-bond acceptors (Lipinski definition) is 4. The van der Waals surface area contributed by atoms with E-state index in [1.807, 2.05) is 31.3 Å². The van der Waals surface area contributed by atoms with Crippen LogP contribution in [0.4, 0.5) is 11.6 Å². The van der Waals surface area contributed by atoms with Crippen molar-refractivity contribution in [1.82, 2.24) is 15.0 Å². The Morgan fingerprint density at radius 3 is 2.80 bits per heavy atom. The standard InChI is InChI=1S/C25H30N4O/c1-5-17(2)7-6-8-22-19(4)27-16-23(22)24-11-13-26-25(29-24)28-21-10-9-20(12-14-30)18(3)15-21/h6-11,13,15-16,27,30H,5,12,14H2,1-4H3,(H,26,28,29)/b8-6-,17-7?. The molecule has 0 fully saturated rings. The van der Waals surface area contributed by atoms with Crippen molar-refractivity contribution in [2.45, 2.75) is 40.5 Å². The summed E-state index contributed by atoms with van der Waals surface area (Å²) in [6.45, 7) is 8.55. The number of hydrogen-bond donors (Lipinski definition) is 3. The monoisotopic (exact) mass is 402 g/mol. The topological polar surface area (TPSA) is 73.8 Å². The number of benzene rings is 1. The molecule has 0 radical (unpaired) electrons. The number of H-pyrrole nitrogens is 1. The molecule has 1 aromatic carbocycles. The van der Waals surface area contributed by atoms with Crippen molar-refractivity contribution in [2.75, 3.05) is 11.9 Å². The van der Waals surface area contributed by atoms with E-state index in [1.54, 1.807) is 6.20 Å². The molecule has 0 bridgehead atoms. The van der Waals surface area contributed by atoms with Crippen LogP contribution in [0.2, 0.25) is 0 Å². The van der Waals surface area contributed by atoms with Crippen LogP contribution in [0.1, 0.15) is 42.7 Å². The van der Waals surface area contributed by atoms with Crippen LogP contribution in [0.5, 0.6) is 0 Å². The Kier molecular flexibility index (Phi) is 7.20. The first-order valence-corrected chi connectivity index (χ1v) is 10.3. The number of nitrogens with zero attached hydrogens (tertiary/aromatic N) is 2. The molecule has 3 rings (SSSR count). The third kappa shape index (κ3) is 5.24. The summed E-state index contributed by atoms with van der Waals surface area (Å²) in [5, 5.41) is 12.5. The highest BCUT2D eigenvalue weighted by Gasteiger charge is 2.10. The van der Waals surface area contributed by atoms with Gasteiger partial charge in [0.05, 0.1) is 5.69 Å². The van der Waals surface area contributed by atoms with Gasteiger partial charge in [0.1, 0.15) is 0 Å². The van der Waals surface area contributed by atoms with Crippen molar-refractivity contribution in [3.05, 3.63) is 76.8 Å². The van der Waals surface area contributed by atoms with E-state index < -0.39 is 0 Å². The fraction of sp³-hybridized carbons (Fsp3) is 0.280. The summed E-state index contributed by atoms with van der Waals surface area (Å²) in [5.41, 5.74) is 8.69. The van der Waals surface area contributed by atoms with Gasteiger partial charge >= 0.3 is 0 Å². The van der Waals surface area contributed by atoms with E-state index >= 15 is 0 Å². The summed E-state index contributed by atoms with van der Waals surface area (Å²) >= 11 is 0. The van der Waals surface area contributed by atoms with Gasteiger partial charge in [-0.1, -0.05) is 36.8 Å². The Morgan fingerprint density at radius 2 is 2.07 bits per heavy atom. The zero-order chi connectivity index (χ0) is 21.5. The van der Waals surface area contributed by atoms with Gasteiger partial charge < -0.3 is 15.4 Å². The molecular formula is C25H30N4O. The number of aryl methyl sites for hydroxylation is 2. The summed E-state index contributed by atoms with van der Waals surface area (Å²) in [6.07, 6.45) is 11.8. The zero-order valence-corrected chi connectivity index (χ0v) is 18.2. The summed E-state index contributed by atoms with van der Waals surface area (Å²) in [5.74, 6) is 0.553. The Labute approximate surface area is 178 Å². The van der Waals surface area contributed by atoms with Gasteiger partial charge in [0.25, 0.3) is 0 Å². The van der Waals surface area contributed by atoms with Crippen molar-refractivity contribution >= 4 is 17.7 Å². The maximum Gasteiger partial charge on any atom is 0.227 e. The first kappa shape index (κ1) is 21.5. The molecule has 0 aliphatic carbocycles. The third-order valence-electron chi connectivity index (χ3n) is 5.24. The smallest absolute Gasteiger partial charge is 0.227 e. The minimum absolute atomic E-state index is 0.152. The van der Waals surface area contributed by atoms with Crippen molar-refractivity contribution in [2.24, 2.45) is 0 Å². The van der Waals surface area contributed by atoms with E-state index in [2.05, 4.69) is 60.4 Å². The van der Waals surface area contributed by atoms with E-state index in [0.717, 1.165) is 45.7 Å². The van der Waals surface area contributed by atoms with Crippen molar-refractivity contribution in [3.63, 3.8) is 0 Å². The second-order valence-electron chi connectivity index (χ2n) is 7.47. The van der Waals surface area contributed by atoms with Crippen LogP contribution in [0.15, 0.2) is 54.4 Å². The number of allylic oxidation sites excluding steroid dienone is 3. The van der Waals surface area contributed by atoms with Crippen molar-refractivity contribution < 1.29 is 5.11 Å². The first-order chi connectivity index (χ1) is 14.5. The lowest BCUT2D eigenvalue weighted by molar-refractivity contribution is 0.299. The second-order valence-corrected chi connectivity index (χ2v) is 7.47. The summed E-state index contributed by atoms with van der Waals surface area (Å²) in [6, 6.07) is 8.00. The van der Waals surface area contributed by atoms with Gasteiger partial charge in [0.15, 0.2) is 0 Å². The molecule has 2 heterocycles. The second kappa shape index (κ2) is 10.0. The Hall–Kier alpha value is -3.18. The van der Waals surface area contributed by atoms with Gasteiger partial charge in [-0.3, -0.25) is 0 Å². The van der Waals surface area contributed by atoms with E-state index in [0.29, 0.717) is 12.4 Å². The maximum atomic E-state index is 9.16. The molecule has 0 saturated carbocycles. The molecule has 2 aromatic heterocycles. The summed E-state index contributed by atoms with van der Waals surface area (Å²) in [4.78, 5) is 12.4. The number of aromatic nitrogens is 3. The minimum Gasteiger partial charge on any atom is -0.396 e. The fourth-order valence-electron chi connectivity index (χ4n) is 3.26. The summed E-state index contributed by atoms with van der Waals surface area (Å²) in [7, 11) is 0. The molecule has 3 N–H and O–H groups in total. The highest BCUT2D eigenvalue weighted by molar-refractivity contribution is 5.75. The van der Waals surface area contributed by atoms with E-state index in [-0.39, 0.29) is 6.61 Å². The molecule has 5 heteroatoms. The van der Waals surface area contributed by atoms with Crippen LogP contribution < -0.4 is 5.32 Å². The first-order valence-electron chi connectivity index (χ1n) is 10.3. The largest absolute Gasteiger partial charge is 0.396 e. The minimum atomic E-state index is 0.152. The molecule has 0 amide bonds. The Balaban J connectivity index is 1.85. The molecule has 30 heavy (non-hydrogen) atoms. The number of nitrogens with one attached hydrogen (secondary N) is 2. The van der Waals surface area contributed by atoms with Crippen molar-refractivity contribution in [1.29, 1.82) is 0 Å². The highest BCUT2D eigenvalue weighted by Crippen LogP contribution is 2.27. The molecular weight excluding hydrogens is 372 g/mol. The molecule has 0 unspecified atom stereocenters. The van der Waals surface area contributed by atoms with Crippen LogP contribution in [-0.2, 0) is 6.42 Å². The van der Waals surface area contributed by atoms with Gasteiger partial charge in [0, 0.05) is 41.5 Å². The van der Waals surface area contributed by atoms with Gasteiger partial charge in [-0.2, -0.15) is 0 Å². The molecule has 0 saturated heterocycles.